The predicted molar refractivity (Wildman–Crippen MR) is 67.8 cm³/mol. The van der Waals surface area contributed by atoms with Gasteiger partial charge in [-0.2, -0.15) is 11.8 Å². The zero-order chi connectivity index (χ0) is 12.0. The highest BCUT2D eigenvalue weighted by Gasteiger charge is 2.15. The van der Waals surface area contributed by atoms with Gasteiger partial charge in [0, 0.05) is 12.3 Å². The van der Waals surface area contributed by atoms with Gasteiger partial charge in [0.15, 0.2) is 0 Å². The van der Waals surface area contributed by atoms with E-state index in [0.29, 0.717) is 12.3 Å². The molecule has 88 valence electrons. The molecule has 0 aromatic heterocycles. The number of carboxylic acid groups (broad SMARTS) is 1. The first-order chi connectivity index (χ1) is 7.63. The summed E-state index contributed by atoms with van der Waals surface area (Å²) in [4.78, 5) is 10.9. The number of rotatable bonds is 6. The maximum absolute atomic E-state index is 10.9. The third-order valence-electron chi connectivity index (χ3n) is 2.30. The van der Waals surface area contributed by atoms with Crippen LogP contribution in [0.15, 0.2) is 24.3 Å². The first kappa shape index (κ1) is 13.1. The number of hydrogen-bond donors (Lipinski definition) is 2. The van der Waals surface area contributed by atoms with E-state index >= 15 is 0 Å². The summed E-state index contributed by atoms with van der Waals surface area (Å²) in [5.41, 5.74) is 2.32. The Labute approximate surface area is 100 Å². The van der Waals surface area contributed by atoms with Crippen LogP contribution >= 0.6 is 11.8 Å². The molecule has 0 saturated heterocycles. The highest BCUT2D eigenvalue weighted by molar-refractivity contribution is 7.98. The molecule has 0 fully saturated rings. The monoisotopic (exact) mass is 239 g/mol. The lowest BCUT2D eigenvalue weighted by Gasteiger charge is -2.13. The van der Waals surface area contributed by atoms with Crippen LogP contribution in [0.5, 0.6) is 0 Å². The molecule has 1 atom stereocenters. The molecule has 16 heavy (non-hydrogen) atoms. The first-order valence-corrected chi connectivity index (χ1v) is 6.53. The van der Waals surface area contributed by atoms with Gasteiger partial charge in [-0.3, -0.25) is 10.1 Å². The molecule has 1 aromatic carbocycles. The summed E-state index contributed by atoms with van der Waals surface area (Å²) in [5, 5.41) is 12.0. The number of carbonyl (C=O) groups is 1. The Kier molecular flexibility index (Phi) is 5.35. The largest absolute Gasteiger partial charge is 0.480 e. The van der Waals surface area contributed by atoms with Crippen LogP contribution in [-0.2, 0) is 11.3 Å². The van der Waals surface area contributed by atoms with E-state index in [0.717, 1.165) is 5.56 Å². The van der Waals surface area contributed by atoms with Crippen LogP contribution in [0.3, 0.4) is 0 Å². The highest BCUT2D eigenvalue weighted by Crippen LogP contribution is 2.04. The second-order valence-electron chi connectivity index (χ2n) is 3.71. The van der Waals surface area contributed by atoms with Crippen molar-refractivity contribution in [3.05, 3.63) is 35.4 Å². The molecule has 1 unspecified atom stereocenters. The van der Waals surface area contributed by atoms with Crippen molar-refractivity contribution in [1.29, 1.82) is 0 Å². The maximum Gasteiger partial charge on any atom is 0.321 e. The van der Waals surface area contributed by atoms with Crippen LogP contribution in [0, 0.1) is 6.92 Å². The van der Waals surface area contributed by atoms with Crippen molar-refractivity contribution >= 4 is 17.7 Å². The molecule has 0 bridgehead atoms. The molecule has 0 aliphatic heterocycles. The molecule has 0 amide bonds. The van der Waals surface area contributed by atoms with E-state index in [1.54, 1.807) is 0 Å². The van der Waals surface area contributed by atoms with E-state index in [9.17, 15) is 4.79 Å². The van der Waals surface area contributed by atoms with Crippen molar-refractivity contribution in [2.24, 2.45) is 0 Å². The SMILES string of the molecule is CSCC(NCc1ccc(C)cc1)C(=O)O. The highest BCUT2D eigenvalue weighted by atomic mass is 32.2. The second kappa shape index (κ2) is 6.55. The van der Waals surface area contributed by atoms with E-state index in [1.807, 2.05) is 37.4 Å². The zero-order valence-corrected chi connectivity index (χ0v) is 10.4. The number of aliphatic carboxylic acids is 1. The number of nitrogens with one attached hydrogen (secondary N) is 1. The fraction of sp³-hybridized carbons (Fsp3) is 0.417. The molecule has 2 N–H and O–H groups in total. The summed E-state index contributed by atoms with van der Waals surface area (Å²) < 4.78 is 0. The Balaban J connectivity index is 2.48. The summed E-state index contributed by atoms with van der Waals surface area (Å²) in [6, 6.07) is 7.61. The van der Waals surface area contributed by atoms with Crippen molar-refractivity contribution in [3.8, 4) is 0 Å². The average molecular weight is 239 g/mol. The molecule has 1 aromatic rings. The molecule has 4 heteroatoms. The topological polar surface area (TPSA) is 49.3 Å². The third kappa shape index (κ3) is 4.24. The van der Waals surface area contributed by atoms with Gasteiger partial charge in [-0.25, -0.2) is 0 Å². The average Bonchev–Trinajstić information content (AvgIpc) is 2.26. The molecule has 0 saturated carbocycles. The van der Waals surface area contributed by atoms with Crippen molar-refractivity contribution in [2.75, 3.05) is 12.0 Å². The van der Waals surface area contributed by atoms with Gasteiger partial charge in [0.1, 0.15) is 6.04 Å². The predicted octanol–water partition coefficient (Wildman–Crippen LogP) is 1.90. The summed E-state index contributed by atoms with van der Waals surface area (Å²) >= 11 is 1.53. The minimum Gasteiger partial charge on any atom is -0.480 e. The molecule has 0 radical (unpaired) electrons. The lowest BCUT2D eigenvalue weighted by Crippen LogP contribution is -2.38. The fourth-order valence-corrected chi connectivity index (χ4v) is 1.92. The molecule has 3 nitrogen and oxygen atoms in total. The van der Waals surface area contributed by atoms with Gasteiger partial charge >= 0.3 is 5.97 Å². The number of hydrogen-bond acceptors (Lipinski definition) is 3. The van der Waals surface area contributed by atoms with Crippen LogP contribution < -0.4 is 5.32 Å². The van der Waals surface area contributed by atoms with Crippen LogP contribution in [0.1, 0.15) is 11.1 Å². The second-order valence-corrected chi connectivity index (χ2v) is 4.62. The van der Waals surface area contributed by atoms with Gasteiger partial charge in [0.25, 0.3) is 0 Å². The van der Waals surface area contributed by atoms with Crippen molar-refractivity contribution in [3.63, 3.8) is 0 Å². The Morgan fingerprint density at radius 2 is 2.06 bits per heavy atom. The van der Waals surface area contributed by atoms with Crippen LogP contribution in [0.4, 0.5) is 0 Å². The maximum atomic E-state index is 10.9. The summed E-state index contributed by atoms with van der Waals surface area (Å²) in [5.74, 6) is -0.206. The molecular formula is C12H17NO2S. The minimum atomic E-state index is -0.790. The van der Waals surface area contributed by atoms with Gasteiger partial charge in [-0.15, -0.1) is 0 Å². The normalized spacial score (nSPS) is 12.4. The smallest absolute Gasteiger partial charge is 0.321 e. The molecule has 0 aliphatic rings. The third-order valence-corrected chi connectivity index (χ3v) is 2.97. The summed E-state index contributed by atoms with van der Waals surface area (Å²) in [7, 11) is 0. The first-order valence-electron chi connectivity index (χ1n) is 5.14. The summed E-state index contributed by atoms with van der Waals surface area (Å²) in [6.45, 7) is 2.63. The quantitative estimate of drug-likeness (QED) is 0.796. The van der Waals surface area contributed by atoms with E-state index in [1.165, 1.54) is 17.3 Å². The Bertz CT molecular complexity index is 337. The standard InChI is InChI=1S/C12H17NO2S/c1-9-3-5-10(6-4-9)7-13-11(8-16-2)12(14)15/h3-6,11,13H,7-8H2,1-2H3,(H,14,15). The molecule has 0 heterocycles. The number of aryl methyl sites for hydroxylation is 1. The molecular weight excluding hydrogens is 222 g/mol. The van der Waals surface area contributed by atoms with Gasteiger partial charge in [0.05, 0.1) is 0 Å². The lowest BCUT2D eigenvalue weighted by molar-refractivity contribution is -0.138. The minimum absolute atomic E-state index is 0.476. The van der Waals surface area contributed by atoms with Crippen LogP contribution in [0.25, 0.3) is 0 Å². The van der Waals surface area contributed by atoms with Crippen LogP contribution in [0.2, 0.25) is 0 Å². The van der Waals surface area contributed by atoms with E-state index in [2.05, 4.69) is 5.32 Å². The van der Waals surface area contributed by atoms with Crippen molar-refractivity contribution < 1.29 is 9.90 Å². The zero-order valence-electron chi connectivity index (χ0n) is 9.56. The lowest BCUT2D eigenvalue weighted by atomic mass is 10.1. The number of carboxylic acids is 1. The van der Waals surface area contributed by atoms with Crippen LogP contribution in [-0.4, -0.2) is 29.1 Å². The van der Waals surface area contributed by atoms with E-state index in [4.69, 9.17) is 5.11 Å². The van der Waals surface area contributed by atoms with Gasteiger partial charge in [-0.1, -0.05) is 29.8 Å². The Hall–Kier alpha value is -1.00. The molecule has 0 spiro atoms. The molecule has 1 rings (SSSR count). The van der Waals surface area contributed by atoms with Crippen molar-refractivity contribution in [1.82, 2.24) is 5.32 Å². The Morgan fingerprint density at radius 1 is 1.44 bits per heavy atom. The molecule has 0 aliphatic carbocycles. The van der Waals surface area contributed by atoms with E-state index in [-0.39, 0.29) is 0 Å². The van der Waals surface area contributed by atoms with Crippen molar-refractivity contribution in [2.45, 2.75) is 19.5 Å². The summed E-state index contributed by atoms with van der Waals surface area (Å²) in [6.07, 6.45) is 1.91. The fourth-order valence-electron chi connectivity index (χ4n) is 1.33. The number of thioether (sulfide) groups is 1. The van der Waals surface area contributed by atoms with E-state index < -0.39 is 12.0 Å². The Morgan fingerprint density at radius 3 is 2.56 bits per heavy atom. The van der Waals surface area contributed by atoms with Gasteiger partial charge in [-0.05, 0) is 18.7 Å². The van der Waals surface area contributed by atoms with Gasteiger partial charge in [0.2, 0.25) is 0 Å². The number of benzene rings is 1. The van der Waals surface area contributed by atoms with Gasteiger partial charge < -0.3 is 5.11 Å².